The molecule has 7 heteroatoms. The van der Waals surface area contributed by atoms with Gasteiger partial charge in [0.2, 0.25) is 0 Å². The van der Waals surface area contributed by atoms with Gasteiger partial charge in [0, 0.05) is 6.08 Å². The van der Waals surface area contributed by atoms with Gasteiger partial charge in [-0.25, -0.2) is 4.79 Å². The first kappa shape index (κ1) is 17.4. The molecule has 20 heavy (non-hydrogen) atoms. The zero-order valence-corrected chi connectivity index (χ0v) is 14.0. The van der Waals surface area contributed by atoms with E-state index in [0.29, 0.717) is 18.4 Å². The lowest BCUT2D eigenvalue weighted by Gasteiger charge is -2.09. The number of rotatable bonds is 8. The van der Waals surface area contributed by atoms with Gasteiger partial charge in [-0.1, -0.05) is 12.1 Å². The quantitative estimate of drug-likeness (QED) is 0.321. The van der Waals surface area contributed by atoms with Crippen LogP contribution in [-0.2, 0) is 4.79 Å². The summed E-state index contributed by atoms with van der Waals surface area (Å²) in [5, 5.41) is 8.56. The second-order valence-corrected chi connectivity index (χ2v) is 13.4. The minimum atomic E-state index is -2.52. The second-order valence-electron chi connectivity index (χ2n) is 4.16. The first-order chi connectivity index (χ1) is 9.37. The van der Waals surface area contributed by atoms with Crippen LogP contribution in [0.3, 0.4) is 0 Å². The maximum absolute atomic E-state index is 10.4. The van der Waals surface area contributed by atoms with E-state index in [4.69, 9.17) is 43.1 Å². The van der Waals surface area contributed by atoms with Crippen LogP contribution in [0.1, 0.15) is 18.4 Å². The molecule has 0 unspecified atom stereocenters. The molecule has 0 aliphatic carbocycles. The summed E-state index contributed by atoms with van der Waals surface area (Å²) in [4.78, 5) is 10.4. The van der Waals surface area contributed by atoms with Gasteiger partial charge in [-0.2, -0.15) is 0 Å². The van der Waals surface area contributed by atoms with Crippen LogP contribution in [0.4, 0.5) is 0 Å². The third-order valence-electron chi connectivity index (χ3n) is 2.40. The van der Waals surface area contributed by atoms with Crippen molar-refractivity contribution in [3.63, 3.8) is 0 Å². The number of carboxylic acids is 1. The van der Waals surface area contributed by atoms with E-state index < -0.39 is 12.0 Å². The van der Waals surface area contributed by atoms with E-state index in [0.717, 1.165) is 24.5 Å². The number of carboxylic acid groups (broad SMARTS) is 1. The van der Waals surface area contributed by atoms with Gasteiger partial charge in [0.15, 0.2) is 0 Å². The fourth-order valence-electron chi connectivity index (χ4n) is 1.49. The summed E-state index contributed by atoms with van der Waals surface area (Å²) < 4.78 is 5.57. The Balaban J connectivity index is 2.37. The van der Waals surface area contributed by atoms with E-state index in [-0.39, 0.29) is 0 Å². The van der Waals surface area contributed by atoms with Crippen LogP contribution in [0.25, 0.3) is 6.08 Å². The Morgan fingerprint density at radius 1 is 1.30 bits per heavy atom. The third kappa shape index (κ3) is 8.48. The van der Waals surface area contributed by atoms with Crippen LogP contribution < -0.4 is 4.74 Å². The fraction of sp³-hybridized carbons (Fsp3) is 0.308. The smallest absolute Gasteiger partial charge is 0.341 e. The Hall–Kier alpha value is -0.683. The number of unbranched alkanes of at least 4 members (excludes halogenated alkanes) is 1. The van der Waals surface area contributed by atoms with Crippen LogP contribution in [0.5, 0.6) is 5.75 Å². The normalized spacial score (nSPS) is 11.8. The van der Waals surface area contributed by atoms with Gasteiger partial charge < -0.3 is 9.84 Å². The molecule has 0 bridgehead atoms. The Morgan fingerprint density at radius 3 is 2.70 bits per heavy atom. The Kier molecular flexibility index (Phi) is 7.44. The van der Waals surface area contributed by atoms with Crippen LogP contribution in [0, 0.1) is 0 Å². The van der Waals surface area contributed by atoms with E-state index in [2.05, 4.69) is 0 Å². The highest BCUT2D eigenvalue weighted by molar-refractivity contribution is 7.64. The van der Waals surface area contributed by atoms with Crippen molar-refractivity contribution in [3.05, 3.63) is 35.9 Å². The molecule has 3 nitrogen and oxygen atoms in total. The van der Waals surface area contributed by atoms with E-state index in [9.17, 15) is 4.79 Å². The van der Waals surface area contributed by atoms with Crippen LogP contribution >= 0.6 is 33.2 Å². The fourth-order valence-corrected chi connectivity index (χ4v) is 3.35. The van der Waals surface area contributed by atoms with Crippen molar-refractivity contribution in [2.24, 2.45) is 0 Å². The van der Waals surface area contributed by atoms with E-state index >= 15 is 0 Å². The summed E-state index contributed by atoms with van der Waals surface area (Å²) in [5.41, 5.74) is 0.776. The molecule has 1 rings (SSSR count). The molecule has 1 aromatic rings. The maximum atomic E-state index is 10.4. The molecular formula is C13H15Cl3O3Si. The number of benzene rings is 1. The molecule has 0 aliphatic rings. The largest absolute Gasteiger partial charge is 0.494 e. The first-order valence-electron chi connectivity index (χ1n) is 6.07. The summed E-state index contributed by atoms with van der Waals surface area (Å²) in [6, 6.07) is 5.33. The van der Waals surface area contributed by atoms with Gasteiger partial charge in [-0.05, 0) is 42.7 Å². The minimum absolute atomic E-state index is 0.543. The monoisotopic (exact) mass is 352 g/mol. The number of halogens is 3. The maximum Gasteiger partial charge on any atom is 0.341 e. The molecule has 0 heterocycles. The lowest BCUT2D eigenvalue weighted by atomic mass is 10.2. The van der Waals surface area contributed by atoms with Crippen molar-refractivity contribution < 1.29 is 14.6 Å². The molecule has 0 saturated heterocycles. The second kappa shape index (κ2) is 8.57. The SMILES string of the molecule is O=C(O)/C=C/c1cccc(OCCCC[Si](Cl)(Cl)Cl)c1. The molecule has 0 aliphatic heterocycles. The molecule has 1 aromatic carbocycles. The predicted octanol–water partition coefficient (Wildman–Crippen LogP) is 4.60. The molecule has 0 aromatic heterocycles. The van der Waals surface area contributed by atoms with Crippen LogP contribution in [0.2, 0.25) is 6.04 Å². The van der Waals surface area contributed by atoms with Crippen molar-refractivity contribution in [2.45, 2.75) is 18.9 Å². The van der Waals surface area contributed by atoms with Crippen molar-refractivity contribution in [2.75, 3.05) is 6.61 Å². The standard InChI is InChI=1S/C13H15Cl3O3Si/c14-20(15,16)9-2-1-8-19-12-5-3-4-11(10-12)6-7-13(17)18/h3-7,10H,1-2,8-9H2,(H,17,18)/b7-6+. The molecule has 0 radical (unpaired) electrons. The summed E-state index contributed by atoms with van der Waals surface area (Å²) in [6.45, 7) is 0.543. The van der Waals surface area contributed by atoms with Gasteiger partial charge in [-0.3, -0.25) is 0 Å². The Morgan fingerprint density at radius 2 is 2.05 bits per heavy atom. The van der Waals surface area contributed by atoms with E-state index in [1.165, 1.54) is 6.08 Å². The first-order valence-corrected chi connectivity index (χ1v) is 11.3. The molecule has 0 amide bonds. The Bertz CT molecular complexity index is 472. The van der Waals surface area contributed by atoms with Crippen molar-refractivity contribution in [1.82, 2.24) is 0 Å². The summed E-state index contributed by atoms with van der Waals surface area (Å²) in [6.07, 6.45) is 4.24. The predicted molar refractivity (Wildman–Crippen MR) is 86.0 cm³/mol. The van der Waals surface area contributed by atoms with Gasteiger partial charge in [0.05, 0.1) is 6.61 Å². The molecule has 0 atom stereocenters. The average Bonchev–Trinajstić information content (AvgIpc) is 2.35. The molecule has 0 fully saturated rings. The van der Waals surface area contributed by atoms with Gasteiger partial charge in [-0.15, -0.1) is 33.2 Å². The zero-order valence-electron chi connectivity index (χ0n) is 10.7. The number of carbonyl (C=O) groups is 1. The number of aliphatic carboxylic acids is 1. The van der Waals surface area contributed by atoms with Crippen molar-refractivity contribution in [3.8, 4) is 5.75 Å². The average molecular weight is 354 g/mol. The summed E-state index contributed by atoms with van der Waals surface area (Å²) in [5.74, 6) is -0.282. The number of ether oxygens (including phenoxy) is 1. The summed E-state index contributed by atoms with van der Waals surface area (Å²) >= 11 is 17.4. The highest BCUT2D eigenvalue weighted by atomic mass is 35.8. The highest BCUT2D eigenvalue weighted by Gasteiger charge is 2.23. The molecule has 110 valence electrons. The van der Waals surface area contributed by atoms with Crippen LogP contribution in [-0.4, -0.2) is 23.7 Å². The van der Waals surface area contributed by atoms with Gasteiger partial charge in [0.1, 0.15) is 5.75 Å². The zero-order chi connectivity index (χ0) is 15.0. The lowest BCUT2D eigenvalue weighted by Crippen LogP contribution is -2.09. The number of hydrogen-bond acceptors (Lipinski definition) is 2. The van der Waals surface area contributed by atoms with E-state index in [1.54, 1.807) is 12.1 Å². The van der Waals surface area contributed by atoms with Crippen LogP contribution in [0.15, 0.2) is 30.3 Å². The topological polar surface area (TPSA) is 46.5 Å². The van der Waals surface area contributed by atoms with Crippen molar-refractivity contribution in [1.29, 1.82) is 0 Å². The molecule has 0 saturated carbocycles. The van der Waals surface area contributed by atoms with E-state index in [1.807, 2.05) is 12.1 Å². The number of hydrogen-bond donors (Lipinski definition) is 1. The minimum Gasteiger partial charge on any atom is -0.494 e. The summed E-state index contributed by atoms with van der Waals surface area (Å²) in [7, 11) is 0. The third-order valence-corrected chi connectivity index (χ3v) is 5.02. The van der Waals surface area contributed by atoms with Gasteiger partial charge in [0.25, 0.3) is 0 Å². The Labute approximate surface area is 133 Å². The molecular weight excluding hydrogens is 339 g/mol. The van der Waals surface area contributed by atoms with Crippen molar-refractivity contribution >= 4 is 51.3 Å². The van der Waals surface area contributed by atoms with Gasteiger partial charge >= 0.3 is 12.0 Å². The highest BCUT2D eigenvalue weighted by Crippen LogP contribution is 2.27. The lowest BCUT2D eigenvalue weighted by molar-refractivity contribution is -0.131. The molecule has 0 spiro atoms. The molecule has 1 N–H and O–H groups in total.